The summed E-state index contributed by atoms with van der Waals surface area (Å²) in [5.74, 6) is -0.421. The molecule has 1 amide bonds. The highest BCUT2D eigenvalue weighted by Gasteiger charge is 2.23. The molecular weight excluding hydrogens is 360 g/mol. The summed E-state index contributed by atoms with van der Waals surface area (Å²) in [6, 6.07) is 10.6. The number of carbonyl (C=O) groups excluding carboxylic acids is 1. The lowest BCUT2D eigenvalue weighted by molar-refractivity contribution is -0.114. The maximum absolute atomic E-state index is 12.4. The van der Waals surface area contributed by atoms with E-state index >= 15 is 0 Å². The van der Waals surface area contributed by atoms with Crippen molar-refractivity contribution in [1.29, 1.82) is 0 Å². The van der Waals surface area contributed by atoms with Crippen LogP contribution in [0.2, 0.25) is 5.02 Å². The smallest absolute Gasteiger partial charge is 0.245 e. The number of hydrogen-bond acceptors (Lipinski definition) is 3. The van der Waals surface area contributed by atoms with Gasteiger partial charge in [-0.2, -0.15) is 0 Å². The van der Waals surface area contributed by atoms with Gasteiger partial charge in [-0.3, -0.25) is 9.10 Å². The first kappa shape index (κ1) is 19.3. The van der Waals surface area contributed by atoms with Gasteiger partial charge in [0.15, 0.2) is 0 Å². The molecule has 0 radical (unpaired) electrons. The third-order valence-corrected chi connectivity index (χ3v) is 5.24. The van der Waals surface area contributed by atoms with Crippen molar-refractivity contribution in [1.82, 2.24) is 0 Å². The predicted octanol–water partition coefficient (Wildman–Crippen LogP) is 3.67. The summed E-state index contributed by atoms with van der Waals surface area (Å²) < 4.78 is 25.5. The monoisotopic (exact) mass is 380 g/mol. The molecule has 0 aromatic heterocycles. The second-order valence-corrected chi connectivity index (χ2v) is 8.39. The molecule has 0 fully saturated rings. The highest BCUT2D eigenvalue weighted by atomic mass is 35.5. The Morgan fingerprint density at radius 1 is 1.12 bits per heavy atom. The van der Waals surface area contributed by atoms with Crippen LogP contribution in [0.15, 0.2) is 36.4 Å². The van der Waals surface area contributed by atoms with Crippen molar-refractivity contribution in [2.45, 2.75) is 20.8 Å². The van der Waals surface area contributed by atoms with Crippen molar-refractivity contribution in [2.24, 2.45) is 0 Å². The SMILES string of the molecule is Cc1cc(C)cc(NC(=O)CN(c2cccc(Cl)c2C)S(C)(=O)=O)c1. The maximum atomic E-state index is 12.4. The van der Waals surface area contributed by atoms with Crippen molar-refractivity contribution in [3.63, 3.8) is 0 Å². The quantitative estimate of drug-likeness (QED) is 0.860. The lowest BCUT2D eigenvalue weighted by Gasteiger charge is -2.24. The van der Waals surface area contributed by atoms with Gasteiger partial charge in [-0.25, -0.2) is 8.42 Å². The van der Waals surface area contributed by atoms with Crippen molar-refractivity contribution in [3.8, 4) is 0 Å². The van der Waals surface area contributed by atoms with E-state index in [-0.39, 0.29) is 6.54 Å². The van der Waals surface area contributed by atoms with Crippen LogP contribution in [0.1, 0.15) is 16.7 Å². The van der Waals surface area contributed by atoms with Crippen LogP contribution in [-0.4, -0.2) is 27.1 Å². The molecule has 25 heavy (non-hydrogen) atoms. The molecule has 0 aliphatic rings. The average molecular weight is 381 g/mol. The summed E-state index contributed by atoms with van der Waals surface area (Å²) in [6.07, 6.45) is 1.07. The Balaban J connectivity index is 2.29. The minimum atomic E-state index is -3.65. The van der Waals surface area contributed by atoms with E-state index < -0.39 is 15.9 Å². The van der Waals surface area contributed by atoms with Crippen molar-refractivity contribution in [2.75, 3.05) is 22.4 Å². The number of sulfonamides is 1. The van der Waals surface area contributed by atoms with E-state index in [2.05, 4.69) is 5.32 Å². The highest BCUT2D eigenvalue weighted by Crippen LogP contribution is 2.28. The van der Waals surface area contributed by atoms with Gasteiger partial charge in [-0.15, -0.1) is 0 Å². The molecule has 2 aromatic rings. The lowest BCUT2D eigenvalue weighted by Crippen LogP contribution is -2.37. The van der Waals surface area contributed by atoms with Crippen LogP contribution in [0.4, 0.5) is 11.4 Å². The molecule has 0 bridgehead atoms. The van der Waals surface area contributed by atoms with Crippen LogP contribution in [0.5, 0.6) is 0 Å². The Kier molecular flexibility index (Phi) is 5.75. The molecule has 134 valence electrons. The molecule has 1 N–H and O–H groups in total. The zero-order valence-corrected chi connectivity index (χ0v) is 16.2. The molecule has 0 spiro atoms. The number of hydrogen-bond donors (Lipinski definition) is 1. The van der Waals surface area contributed by atoms with Gasteiger partial charge in [0.05, 0.1) is 11.9 Å². The Hall–Kier alpha value is -2.05. The molecule has 0 unspecified atom stereocenters. The fourth-order valence-corrected chi connectivity index (χ4v) is 3.70. The second-order valence-electron chi connectivity index (χ2n) is 6.08. The van der Waals surface area contributed by atoms with Gasteiger partial charge in [0.1, 0.15) is 6.54 Å². The lowest BCUT2D eigenvalue weighted by atomic mass is 10.1. The third-order valence-electron chi connectivity index (χ3n) is 3.70. The van der Waals surface area contributed by atoms with Gasteiger partial charge in [-0.1, -0.05) is 23.7 Å². The van der Waals surface area contributed by atoms with Crippen LogP contribution in [-0.2, 0) is 14.8 Å². The zero-order chi connectivity index (χ0) is 18.8. The van der Waals surface area contributed by atoms with Crippen molar-refractivity contribution < 1.29 is 13.2 Å². The average Bonchev–Trinajstić information content (AvgIpc) is 2.46. The molecule has 0 atom stereocenters. The van der Waals surface area contributed by atoms with Gasteiger partial charge in [0, 0.05) is 10.7 Å². The zero-order valence-electron chi connectivity index (χ0n) is 14.6. The number of benzene rings is 2. The van der Waals surface area contributed by atoms with Crippen LogP contribution in [0.25, 0.3) is 0 Å². The fourth-order valence-electron chi connectivity index (χ4n) is 2.63. The summed E-state index contributed by atoms with van der Waals surface area (Å²) in [4.78, 5) is 12.4. The van der Waals surface area contributed by atoms with E-state index in [1.807, 2.05) is 32.0 Å². The summed E-state index contributed by atoms with van der Waals surface area (Å²) >= 11 is 6.09. The minimum Gasteiger partial charge on any atom is -0.324 e. The largest absolute Gasteiger partial charge is 0.324 e. The minimum absolute atomic E-state index is 0.326. The summed E-state index contributed by atoms with van der Waals surface area (Å²) in [5.41, 5.74) is 3.67. The molecule has 7 heteroatoms. The first-order valence-corrected chi connectivity index (χ1v) is 9.91. The van der Waals surface area contributed by atoms with E-state index in [0.717, 1.165) is 21.7 Å². The molecule has 0 aliphatic carbocycles. The van der Waals surface area contributed by atoms with Gasteiger partial charge < -0.3 is 5.32 Å². The summed E-state index contributed by atoms with van der Waals surface area (Å²) in [5, 5.41) is 3.20. The molecular formula is C18H21ClN2O3S. The van der Waals surface area contributed by atoms with E-state index in [0.29, 0.717) is 22.0 Å². The van der Waals surface area contributed by atoms with Crippen LogP contribution in [0, 0.1) is 20.8 Å². The Bertz CT molecular complexity index is 890. The summed E-state index contributed by atoms with van der Waals surface area (Å²) in [7, 11) is -3.65. The number of nitrogens with zero attached hydrogens (tertiary/aromatic N) is 1. The first-order chi connectivity index (χ1) is 11.6. The van der Waals surface area contributed by atoms with Crippen molar-refractivity contribution >= 4 is 38.9 Å². The van der Waals surface area contributed by atoms with Gasteiger partial charge in [0.2, 0.25) is 15.9 Å². The first-order valence-electron chi connectivity index (χ1n) is 7.69. The van der Waals surface area contributed by atoms with Gasteiger partial charge >= 0.3 is 0 Å². The van der Waals surface area contributed by atoms with Gasteiger partial charge in [0.25, 0.3) is 0 Å². The van der Waals surface area contributed by atoms with E-state index in [1.165, 1.54) is 0 Å². The van der Waals surface area contributed by atoms with Crippen molar-refractivity contribution in [3.05, 3.63) is 58.1 Å². The van der Waals surface area contributed by atoms with Crippen LogP contribution in [0.3, 0.4) is 0 Å². The number of amides is 1. The second kappa shape index (κ2) is 7.45. The highest BCUT2D eigenvalue weighted by molar-refractivity contribution is 7.92. The number of rotatable bonds is 5. The number of carbonyl (C=O) groups is 1. The maximum Gasteiger partial charge on any atom is 0.245 e. The Labute approximate surface area is 153 Å². The number of nitrogens with one attached hydrogen (secondary N) is 1. The summed E-state index contributed by atoms with van der Waals surface area (Å²) in [6.45, 7) is 5.26. The predicted molar refractivity (Wildman–Crippen MR) is 103 cm³/mol. The Morgan fingerprint density at radius 2 is 1.72 bits per heavy atom. The standard InChI is InChI=1S/C18H21ClN2O3S/c1-12-8-13(2)10-15(9-12)20-18(22)11-21(25(4,23)24)17-7-5-6-16(19)14(17)3/h5-10H,11H2,1-4H3,(H,20,22). The van der Waals surface area contributed by atoms with Crippen LogP contribution < -0.4 is 9.62 Å². The fraction of sp³-hybridized carbons (Fsp3) is 0.278. The number of halogens is 1. The van der Waals surface area contributed by atoms with E-state index in [1.54, 1.807) is 25.1 Å². The molecule has 5 nitrogen and oxygen atoms in total. The van der Waals surface area contributed by atoms with Crippen LogP contribution >= 0.6 is 11.6 Å². The number of anilines is 2. The van der Waals surface area contributed by atoms with E-state index in [9.17, 15) is 13.2 Å². The molecule has 0 aliphatic heterocycles. The topological polar surface area (TPSA) is 66.5 Å². The molecule has 0 saturated heterocycles. The molecule has 2 aromatic carbocycles. The third kappa shape index (κ3) is 4.96. The molecule has 0 saturated carbocycles. The van der Waals surface area contributed by atoms with E-state index in [4.69, 9.17) is 11.6 Å². The molecule has 2 rings (SSSR count). The Morgan fingerprint density at radius 3 is 2.28 bits per heavy atom. The normalized spacial score (nSPS) is 11.2. The van der Waals surface area contributed by atoms with Gasteiger partial charge in [-0.05, 0) is 61.7 Å². The number of aryl methyl sites for hydroxylation is 2. The molecule has 0 heterocycles.